The summed E-state index contributed by atoms with van der Waals surface area (Å²) in [5.74, 6) is 1.54. The third-order valence-electron chi connectivity index (χ3n) is 9.35. The van der Waals surface area contributed by atoms with Crippen LogP contribution in [0.4, 0.5) is 0 Å². The number of hydrogen-bond acceptors (Lipinski definition) is 3. The Morgan fingerprint density at radius 2 is 0.875 bits per heavy atom. The molecule has 0 amide bonds. The van der Waals surface area contributed by atoms with Crippen LogP contribution in [-0.4, -0.2) is 11.7 Å². The van der Waals surface area contributed by atoms with E-state index < -0.39 is 0 Å². The zero-order valence-electron chi connectivity index (χ0n) is 26.2. The highest BCUT2D eigenvalue weighted by Gasteiger charge is 2.23. The van der Waals surface area contributed by atoms with Gasteiger partial charge in [-0.15, -0.1) is 0 Å². The van der Waals surface area contributed by atoms with Gasteiger partial charge >= 0.3 is 0 Å². The molecular weight excluding hydrogens is 583 g/mol. The maximum absolute atomic E-state index is 5.14. The van der Waals surface area contributed by atoms with Crippen LogP contribution in [0, 0.1) is 0 Å². The third kappa shape index (κ3) is 4.94. The highest BCUT2D eigenvalue weighted by Crippen LogP contribution is 2.38. The number of rotatable bonds is 5. The molecule has 1 unspecified atom stereocenters. The number of benzene rings is 8. The van der Waals surface area contributed by atoms with Crippen molar-refractivity contribution in [2.24, 2.45) is 9.98 Å². The Labute approximate surface area is 279 Å². The predicted octanol–water partition coefficient (Wildman–Crippen LogP) is 11.0. The fraction of sp³-hybridized carbons (Fsp3) is 0.0222. The molecule has 0 spiro atoms. The van der Waals surface area contributed by atoms with Gasteiger partial charge in [-0.1, -0.05) is 170 Å². The second kappa shape index (κ2) is 11.8. The van der Waals surface area contributed by atoms with Gasteiger partial charge in [-0.25, -0.2) is 9.98 Å². The smallest absolute Gasteiger partial charge is 0.159 e. The lowest BCUT2D eigenvalue weighted by molar-refractivity contribution is 0.676. The SMILES string of the molecule is c1ccc(C2=NC(c3ccccc3-c3ccc(-c4ccc5c6ccccc6c6ccccc6c5c4)cc3)NC(c3ccccc3)=N2)cc1. The van der Waals surface area contributed by atoms with Crippen molar-refractivity contribution >= 4 is 44.0 Å². The zero-order chi connectivity index (χ0) is 31.9. The van der Waals surface area contributed by atoms with E-state index in [2.05, 4.69) is 145 Å². The molecule has 0 saturated heterocycles. The van der Waals surface area contributed by atoms with Gasteiger partial charge in [-0.05, 0) is 60.6 Å². The van der Waals surface area contributed by atoms with Crippen LogP contribution >= 0.6 is 0 Å². The molecule has 9 rings (SSSR count). The van der Waals surface area contributed by atoms with Crippen LogP contribution in [0.3, 0.4) is 0 Å². The largest absolute Gasteiger partial charge is 0.344 e. The topological polar surface area (TPSA) is 36.8 Å². The summed E-state index contributed by atoms with van der Waals surface area (Å²) in [6.07, 6.45) is -0.299. The Bertz CT molecular complexity index is 2480. The first kappa shape index (κ1) is 27.9. The Morgan fingerprint density at radius 3 is 1.54 bits per heavy atom. The summed E-state index contributed by atoms with van der Waals surface area (Å²) in [6, 6.07) is 62.3. The van der Waals surface area contributed by atoms with E-state index in [-0.39, 0.29) is 6.17 Å². The summed E-state index contributed by atoms with van der Waals surface area (Å²) in [6.45, 7) is 0. The van der Waals surface area contributed by atoms with E-state index in [0.29, 0.717) is 0 Å². The fourth-order valence-corrected chi connectivity index (χ4v) is 7.00. The maximum atomic E-state index is 5.14. The van der Waals surface area contributed by atoms with Gasteiger partial charge in [0.25, 0.3) is 0 Å². The van der Waals surface area contributed by atoms with Crippen molar-refractivity contribution < 1.29 is 0 Å². The summed E-state index contributed by atoms with van der Waals surface area (Å²) in [7, 11) is 0. The molecule has 8 aromatic rings. The average Bonchev–Trinajstić information content (AvgIpc) is 3.18. The average molecular weight is 614 g/mol. The van der Waals surface area contributed by atoms with E-state index in [1.165, 1.54) is 43.4 Å². The quantitative estimate of drug-likeness (QED) is 0.193. The number of hydrogen-bond donors (Lipinski definition) is 1. The number of amidine groups is 2. The molecule has 0 radical (unpaired) electrons. The molecule has 1 aliphatic heterocycles. The van der Waals surface area contributed by atoms with Crippen molar-refractivity contribution in [3.63, 3.8) is 0 Å². The van der Waals surface area contributed by atoms with Crippen molar-refractivity contribution in [1.29, 1.82) is 0 Å². The molecule has 1 atom stereocenters. The van der Waals surface area contributed by atoms with Gasteiger partial charge in [0.15, 0.2) is 5.84 Å². The third-order valence-corrected chi connectivity index (χ3v) is 9.35. The van der Waals surface area contributed by atoms with Gasteiger partial charge < -0.3 is 5.32 Å². The summed E-state index contributed by atoms with van der Waals surface area (Å²) in [5.41, 5.74) is 7.81. The lowest BCUT2D eigenvalue weighted by Gasteiger charge is -2.25. The van der Waals surface area contributed by atoms with Gasteiger partial charge in [0.1, 0.15) is 12.0 Å². The molecule has 0 bridgehead atoms. The van der Waals surface area contributed by atoms with E-state index in [9.17, 15) is 0 Å². The molecule has 226 valence electrons. The highest BCUT2D eigenvalue weighted by molar-refractivity contribution is 6.25. The van der Waals surface area contributed by atoms with Crippen molar-refractivity contribution in [2.45, 2.75) is 6.17 Å². The standard InChI is InChI=1S/C45H31N3/c1-3-13-32(14-4-1)43-46-44(33-15-5-2-6-16-33)48-45(47-43)41-22-12-7-17-35(41)31-25-23-30(24-26-31)34-27-28-40-38-20-9-8-18-36(38)37-19-10-11-21-39(37)42(40)29-34/h1-29,45H,(H,46,47,48). The summed E-state index contributed by atoms with van der Waals surface area (Å²) in [5, 5.41) is 11.4. The summed E-state index contributed by atoms with van der Waals surface area (Å²) < 4.78 is 0. The van der Waals surface area contributed by atoms with Crippen LogP contribution in [-0.2, 0) is 0 Å². The molecule has 1 N–H and O–H groups in total. The monoisotopic (exact) mass is 613 g/mol. The minimum absolute atomic E-state index is 0.299. The summed E-state index contributed by atoms with van der Waals surface area (Å²) >= 11 is 0. The van der Waals surface area contributed by atoms with E-state index in [1.54, 1.807) is 0 Å². The first-order valence-electron chi connectivity index (χ1n) is 16.4. The summed E-state index contributed by atoms with van der Waals surface area (Å²) in [4.78, 5) is 10.1. The zero-order valence-corrected chi connectivity index (χ0v) is 26.2. The molecule has 0 fully saturated rings. The molecule has 0 saturated carbocycles. The van der Waals surface area contributed by atoms with E-state index in [4.69, 9.17) is 9.98 Å². The second-order valence-electron chi connectivity index (χ2n) is 12.2. The number of fused-ring (bicyclic) bond motifs is 6. The van der Waals surface area contributed by atoms with Crippen molar-refractivity contribution in [3.05, 3.63) is 193 Å². The Hall–Kier alpha value is -6.32. The van der Waals surface area contributed by atoms with Crippen molar-refractivity contribution in [1.82, 2.24) is 5.32 Å². The Morgan fingerprint density at radius 1 is 0.375 bits per heavy atom. The van der Waals surface area contributed by atoms with Crippen LogP contribution in [0.2, 0.25) is 0 Å². The van der Waals surface area contributed by atoms with Gasteiger partial charge in [0.2, 0.25) is 0 Å². The van der Waals surface area contributed by atoms with E-state index in [0.717, 1.165) is 39.5 Å². The maximum Gasteiger partial charge on any atom is 0.159 e. The van der Waals surface area contributed by atoms with Crippen LogP contribution in [0.25, 0.3) is 54.6 Å². The fourth-order valence-electron chi connectivity index (χ4n) is 7.00. The number of nitrogens with zero attached hydrogens (tertiary/aromatic N) is 2. The van der Waals surface area contributed by atoms with Crippen LogP contribution in [0.1, 0.15) is 22.9 Å². The molecule has 1 heterocycles. The normalized spacial score (nSPS) is 14.5. The van der Waals surface area contributed by atoms with E-state index >= 15 is 0 Å². The molecule has 3 heteroatoms. The lowest BCUT2D eigenvalue weighted by atomic mass is 9.91. The van der Waals surface area contributed by atoms with E-state index in [1.807, 2.05) is 36.4 Å². The molecule has 0 aromatic heterocycles. The number of nitrogens with one attached hydrogen (secondary N) is 1. The van der Waals surface area contributed by atoms with Crippen LogP contribution < -0.4 is 5.32 Å². The molecule has 1 aliphatic rings. The van der Waals surface area contributed by atoms with Crippen molar-refractivity contribution in [2.75, 3.05) is 0 Å². The van der Waals surface area contributed by atoms with Gasteiger partial charge in [0.05, 0.1) is 0 Å². The molecular formula is C45H31N3. The first-order chi connectivity index (χ1) is 23.8. The Kier molecular flexibility index (Phi) is 6.87. The second-order valence-corrected chi connectivity index (χ2v) is 12.2. The minimum atomic E-state index is -0.299. The predicted molar refractivity (Wildman–Crippen MR) is 202 cm³/mol. The molecule has 8 aromatic carbocycles. The Balaban J connectivity index is 1.10. The molecule has 0 aliphatic carbocycles. The lowest BCUT2D eigenvalue weighted by Crippen LogP contribution is -2.33. The van der Waals surface area contributed by atoms with Crippen LogP contribution in [0.15, 0.2) is 186 Å². The van der Waals surface area contributed by atoms with Crippen LogP contribution in [0.5, 0.6) is 0 Å². The van der Waals surface area contributed by atoms with Crippen molar-refractivity contribution in [3.8, 4) is 22.3 Å². The van der Waals surface area contributed by atoms with Gasteiger partial charge in [0, 0.05) is 16.7 Å². The van der Waals surface area contributed by atoms with Gasteiger partial charge in [-0.3, -0.25) is 0 Å². The molecule has 48 heavy (non-hydrogen) atoms. The molecule has 3 nitrogen and oxygen atoms in total. The highest BCUT2D eigenvalue weighted by atomic mass is 15.2. The minimum Gasteiger partial charge on any atom is -0.344 e. The number of aliphatic imine (C=N–C) groups is 2. The first-order valence-corrected chi connectivity index (χ1v) is 16.4. The van der Waals surface area contributed by atoms with Gasteiger partial charge in [-0.2, -0.15) is 0 Å².